The second-order valence-corrected chi connectivity index (χ2v) is 27.3. The average Bonchev–Trinajstić information content (AvgIpc) is 3.95. The standard InChI is InChI=1S/C29H23F3N7O2.3CH3.Sn/c1-41-28-23(24(17-6-7-17)34-15-35-28)25-33-12-19-8-11-22(40)39(27(19)37-25)13-16-2-4-18(5-3-16)26-36-21(29(30,31)32)14-38(26)20-9-10-20;;;;/h2-5,8,12,14-15,17,20H,6-7,9-10,13H2,1H3;3*1H3;. The fourth-order valence-electron chi connectivity index (χ4n) is 5.69. The zero-order valence-electron chi connectivity index (χ0n) is 25.4. The molecule has 0 atom stereocenters. The number of pyridine rings is 1. The van der Waals surface area contributed by atoms with Gasteiger partial charge in [0.1, 0.15) is 0 Å². The van der Waals surface area contributed by atoms with Gasteiger partial charge in [-0.2, -0.15) is 13.2 Å². The van der Waals surface area contributed by atoms with Gasteiger partial charge in [0, 0.05) is 0 Å². The van der Waals surface area contributed by atoms with Crippen LogP contribution in [0.2, 0.25) is 14.8 Å². The number of rotatable bonds is 8. The van der Waals surface area contributed by atoms with Gasteiger partial charge in [-0.15, -0.1) is 0 Å². The fourth-order valence-corrected chi connectivity index (χ4v) is 9.59. The minimum atomic E-state index is -4.52. The van der Waals surface area contributed by atoms with E-state index in [0.29, 0.717) is 34.3 Å². The maximum atomic E-state index is 14.1. The molecule has 2 fully saturated rings. The van der Waals surface area contributed by atoms with E-state index < -0.39 is 30.2 Å². The fraction of sp³-hybridized carbons (Fsp3) is 0.375. The summed E-state index contributed by atoms with van der Waals surface area (Å²) in [5.74, 6) is 1.36. The van der Waals surface area contributed by atoms with Crippen molar-refractivity contribution in [2.45, 2.75) is 65.2 Å². The third kappa shape index (κ3) is 5.72. The summed E-state index contributed by atoms with van der Waals surface area (Å²) in [5, 5.41) is 0.756. The van der Waals surface area contributed by atoms with Crippen LogP contribution in [0.15, 0.2) is 53.8 Å². The maximum absolute atomic E-state index is 14.1. The van der Waals surface area contributed by atoms with Crippen LogP contribution in [-0.4, -0.2) is 59.5 Å². The van der Waals surface area contributed by atoms with E-state index in [1.807, 2.05) is 18.2 Å². The zero-order valence-corrected chi connectivity index (χ0v) is 28.2. The van der Waals surface area contributed by atoms with Crippen LogP contribution < -0.4 is 13.9 Å². The summed E-state index contributed by atoms with van der Waals surface area (Å²) in [4.78, 5) is 43.1. The van der Waals surface area contributed by atoms with Crippen molar-refractivity contribution in [1.29, 1.82) is 0 Å². The molecule has 4 aromatic heterocycles. The number of ether oxygens (including phenoxy) is 1. The van der Waals surface area contributed by atoms with Crippen molar-refractivity contribution < 1.29 is 17.9 Å². The van der Waals surface area contributed by atoms with Gasteiger partial charge in [0.25, 0.3) is 0 Å². The first-order valence-electron chi connectivity index (χ1n) is 15.0. The number of fused-ring (bicyclic) bond motifs is 1. The molecule has 5 aromatic rings. The Kier molecular flexibility index (Phi) is 7.25. The number of methoxy groups -OCH3 is 1. The molecule has 0 amide bonds. The van der Waals surface area contributed by atoms with Gasteiger partial charge in [0.15, 0.2) is 0 Å². The van der Waals surface area contributed by atoms with E-state index in [1.54, 1.807) is 34.6 Å². The number of hydrogen-bond donors (Lipinski definition) is 0. The third-order valence-corrected chi connectivity index (χ3v) is 14.0. The molecule has 0 saturated heterocycles. The number of hydrogen-bond acceptors (Lipinski definition) is 7. The second-order valence-electron chi connectivity index (χ2n) is 12.9. The van der Waals surface area contributed by atoms with Crippen molar-refractivity contribution in [2.24, 2.45) is 0 Å². The molecule has 45 heavy (non-hydrogen) atoms. The Morgan fingerprint density at radius 2 is 1.73 bits per heavy atom. The van der Waals surface area contributed by atoms with Crippen LogP contribution in [0.3, 0.4) is 0 Å². The number of alkyl halides is 3. The summed E-state index contributed by atoms with van der Waals surface area (Å²) < 4.78 is 50.2. The normalized spacial score (nSPS) is 15.5. The van der Waals surface area contributed by atoms with Gasteiger partial charge in [-0.05, 0) is 0 Å². The Labute approximate surface area is 261 Å². The number of halogens is 3. The molecule has 0 bridgehead atoms. The molecule has 2 aliphatic rings. The number of benzene rings is 1. The summed E-state index contributed by atoms with van der Waals surface area (Å²) in [6, 6.07) is 9.18. The first-order chi connectivity index (χ1) is 21.4. The molecule has 13 heteroatoms. The molecule has 1 aromatic carbocycles. The van der Waals surface area contributed by atoms with Gasteiger partial charge in [-0.3, -0.25) is 0 Å². The molecule has 2 saturated carbocycles. The van der Waals surface area contributed by atoms with Gasteiger partial charge in [0.05, 0.1) is 0 Å². The number of aromatic nitrogens is 7. The molecule has 0 radical (unpaired) electrons. The second kappa shape index (κ2) is 10.9. The molecule has 232 valence electrons. The molecule has 2 aliphatic carbocycles. The third-order valence-electron chi connectivity index (χ3n) is 8.37. The van der Waals surface area contributed by atoms with E-state index >= 15 is 0 Å². The van der Waals surface area contributed by atoms with Crippen LogP contribution in [0, 0.1) is 0 Å². The summed E-state index contributed by atoms with van der Waals surface area (Å²) in [6.07, 6.45) is 3.51. The predicted molar refractivity (Wildman–Crippen MR) is 166 cm³/mol. The van der Waals surface area contributed by atoms with E-state index in [-0.39, 0.29) is 24.1 Å². The molecule has 4 heterocycles. The first kappa shape index (κ1) is 29.9. The Morgan fingerprint density at radius 1 is 1.00 bits per heavy atom. The number of nitrogens with zero attached hydrogens (tertiary/aromatic N) is 7. The Bertz CT molecular complexity index is 1990. The summed E-state index contributed by atoms with van der Waals surface area (Å²) in [6.45, 7) is 0.227. The monoisotopic (exact) mass is 723 g/mol. The van der Waals surface area contributed by atoms with Crippen molar-refractivity contribution in [3.63, 3.8) is 0 Å². The van der Waals surface area contributed by atoms with Gasteiger partial charge in [-0.25, -0.2) is 0 Å². The van der Waals surface area contributed by atoms with Crippen molar-refractivity contribution in [1.82, 2.24) is 34.1 Å². The Hall–Kier alpha value is -3.81. The molecule has 7 rings (SSSR count). The van der Waals surface area contributed by atoms with Crippen LogP contribution in [0.1, 0.15) is 54.6 Å². The van der Waals surface area contributed by atoms with Crippen molar-refractivity contribution in [2.75, 3.05) is 7.11 Å². The minimum absolute atomic E-state index is 0.0302. The quantitative estimate of drug-likeness (QED) is 0.183. The van der Waals surface area contributed by atoms with Crippen LogP contribution >= 0.6 is 0 Å². The summed E-state index contributed by atoms with van der Waals surface area (Å²) in [7, 11) is 1.55. The van der Waals surface area contributed by atoms with Gasteiger partial charge in [-0.1, -0.05) is 0 Å². The van der Waals surface area contributed by atoms with E-state index in [9.17, 15) is 18.0 Å². The van der Waals surface area contributed by atoms with Gasteiger partial charge < -0.3 is 0 Å². The topological polar surface area (TPSA) is 101 Å². The van der Waals surface area contributed by atoms with Gasteiger partial charge in [0.2, 0.25) is 0 Å². The molecule has 9 nitrogen and oxygen atoms in total. The van der Waals surface area contributed by atoms with E-state index in [1.165, 1.54) is 6.33 Å². The van der Waals surface area contributed by atoms with Crippen LogP contribution in [0.4, 0.5) is 13.2 Å². The Morgan fingerprint density at radius 3 is 2.36 bits per heavy atom. The molecular weight excluding hydrogens is 690 g/mol. The van der Waals surface area contributed by atoms with Crippen molar-refractivity contribution >= 4 is 33.0 Å². The Balaban J connectivity index is 1.32. The van der Waals surface area contributed by atoms with Gasteiger partial charge >= 0.3 is 249 Å². The summed E-state index contributed by atoms with van der Waals surface area (Å²) in [5.41, 5.74) is 2.38. The molecular formula is C32H32F3N7O2Sn. The van der Waals surface area contributed by atoms with Crippen molar-refractivity contribution in [3.05, 3.63) is 76.4 Å². The predicted octanol–water partition coefficient (Wildman–Crippen LogP) is 5.95. The van der Waals surface area contributed by atoms with Crippen molar-refractivity contribution in [3.8, 4) is 28.7 Å². The molecule has 0 aliphatic heterocycles. The SMILES string of the molecule is COc1ncnc(C2CC2)c1-c1ncc2c[c]([Sn]([CH3])([CH3])[CH3])c(=O)n(Cc3ccc(-c4nc(C(F)(F)F)cn4C4CC4)cc3)c2n1. The summed E-state index contributed by atoms with van der Waals surface area (Å²) >= 11 is -2.89. The van der Waals surface area contributed by atoms with E-state index in [0.717, 1.165) is 52.1 Å². The van der Waals surface area contributed by atoms with E-state index in [2.05, 4.69) is 29.8 Å². The molecule has 0 N–H and O–H groups in total. The average molecular weight is 722 g/mol. The van der Waals surface area contributed by atoms with Crippen LogP contribution in [0.5, 0.6) is 5.88 Å². The molecule has 0 unspecified atom stereocenters. The zero-order chi connectivity index (χ0) is 31.7. The number of imidazole rings is 1. The first-order valence-corrected chi connectivity index (χ1v) is 25.0. The van der Waals surface area contributed by atoms with E-state index in [4.69, 9.17) is 14.7 Å². The van der Waals surface area contributed by atoms with Crippen LogP contribution in [-0.2, 0) is 12.7 Å². The molecule has 0 spiro atoms. The van der Waals surface area contributed by atoms with Crippen LogP contribution in [0.25, 0.3) is 33.8 Å².